The highest BCUT2D eigenvalue weighted by atomic mass is 32.3. The minimum atomic E-state index is -3.72. The molecule has 0 bridgehead atoms. The van der Waals surface area contributed by atoms with Crippen LogP contribution in [0, 0.1) is 10.1 Å². The monoisotopic (exact) mass is 406 g/mol. The van der Waals surface area contributed by atoms with Crippen molar-refractivity contribution in [2.75, 3.05) is 10.0 Å². The number of aromatic nitrogens is 1. The molecule has 0 spiro atoms. The number of hydrogen-bond donors (Lipinski definition) is 3. The van der Waals surface area contributed by atoms with Gasteiger partial charge in [0.05, 0.1) is 11.0 Å². The third-order valence-corrected chi connectivity index (χ3v) is 5.75. The molecule has 1 heterocycles. The molecule has 0 amide bonds. The lowest BCUT2D eigenvalue weighted by Crippen LogP contribution is -2.20. The Hall–Kier alpha value is -3.02. The zero-order valence-corrected chi connectivity index (χ0v) is 15.3. The number of nitrogens with one attached hydrogen (secondary N) is 2. The van der Waals surface area contributed by atoms with E-state index < -0.39 is 15.3 Å². The molecule has 0 saturated carbocycles. The summed E-state index contributed by atoms with van der Waals surface area (Å²) < 4.78 is 26.9. The lowest BCUT2D eigenvalue weighted by Gasteiger charge is -2.14. The number of aromatic hydroxyl groups is 1. The lowest BCUT2D eigenvalue weighted by molar-refractivity contribution is -0.384. The average Bonchev–Trinajstić information content (AvgIpc) is 3.13. The van der Waals surface area contributed by atoms with Crippen molar-refractivity contribution in [3.05, 3.63) is 69.7 Å². The van der Waals surface area contributed by atoms with Gasteiger partial charge in [0.2, 0.25) is 5.13 Å². The smallest absolute Gasteiger partial charge is 0.273 e. The normalized spacial score (nSPS) is 12.9. The predicted octanol–water partition coefficient (Wildman–Crippen LogP) is 3.38. The summed E-state index contributed by atoms with van der Waals surface area (Å²) in [6.45, 7) is 0.216. The van der Waals surface area contributed by atoms with E-state index in [0.29, 0.717) is 11.3 Å². The molecule has 3 rings (SSSR count). The van der Waals surface area contributed by atoms with Gasteiger partial charge in [0.1, 0.15) is 5.75 Å². The minimum absolute atomic E-state index is 0.0847. The van der Waals surface area contributed by atoms with Gasteiger partial charge in [-0.25, -0.2) is 4.98 Å². The molecule has 0 aliphatic rings. The molecular formula is C16H14N4O5S2. The highest BCUT2D eigenvalue weighted by Crippen LogP contribution is 2.26. The van der Waals surface area contributed by atoms with Crippen molar-refractivity contribution >= 4 is 38.2 Å². The Morgan fingerprint density at radius 3 is 2.56 bits per heavy atom. The summed E-state index contributed by atoms with van der Waals surface area (Å²) in [6, 6.07) is 9.88. The van der Waals surface area contributed by atoms with Gasteiger partial charge < -0.3 is 15.0 Å². The first-order chi connectivity index (χ1) is 12.8. The van der Waals surface area contributed by atoms with Crippen molar-refractivity contribution in [3.8, 4) is 5.75 Å². The first-order valence-electron chi connectivity index (χ1n) is 7.58. The largest absolute Gasteiger partial charge is 0.588 e. The molecule has 3 aromatic rings. The third-order valence-electron chi connectivity index (χ3n) is 3.58. The molecule has 1 atom stereocenters. The zero-order valence-electron chi connectivity index (χ0n) is 13.7. The van der Waals surface area contributed by atoms with E-state index in [-0.39, 0.29) is 28.0 Å². The first kappa shape index (κ1) is 18.8. The van der Waals surface area contributed by atoms with Crippen molar-refractivity contribution in [3.63, 3.8) is 0 Å². The van der Waals surface area contributed by atoms with Gasteiger partial charge in [-0.15, -0.1) is 11.3 Å². The topological polar surface area (TPSA) is 140 Å². The number of rotatable bonds is 7. The van der Waals surface area contributed by atoms with E-state index in [4.69, 9.17) is 0 Å². The van der Waals surface area contributed by atoms with Crippen LogP contribution in [0.5, 0.6) is 5.75 Å². The van der Waals surface area contributed by atoms with Crippen molar-refractivity contribution in [2.45, 2.75) is 11.4 Å². The number of nitro benzene ring substituents is 1. The fourth-order valence-corrected chi connectivity index (χ4v) is 4.00. The first-order valence-corrected chi connectivity index (χ1v) is 9.94. The van der Waals surface area contributed by atoms with Crippen LogP contribution < -0.4 is 10.0 Å². The van der Waals surface area contributed by atoms with Crippen LogP contribution >= 0.6 is 11.3 Å². The Bertz CT molecular complexity index is 993. The summed E-state index contributed by atoms with van der Waals surface area (Å²) in [5.74, 6) is -0.191. The van der Waals surface area contributed by atoms with Crippen molar-refractivity contribution in [1.82, 2.24) is 4.98 Å². The van der Waals surface area contributed by atoms with Crippen LogP contribution in [0.1, 0.15) is 5.56 Å². The highest BCUT2D eigenvalue weighted by molar-refractivity contribution is 7.99. The SMILES string of the molecule is O=[N+]([O-])c1ccc(CNc2ccc([S+](=O)([O-])Nc3nccs3)cc2)c(O)c1. The van der Waals surface area contributed by atoms with Gasteiger partial charge in [0.15, 0.2) is 15.3 Å². The summed E-state index contributed by atoms with van der Waals surface area (Å²) in [6.07, 6.45) is 1.50. The molecule has 0 aliphatic heterocycles. The van der Waals surface area contributed by atoms with Crippen LogP contribution in [0.4, 0.5) is 16.5 Å². The Morgan fingerprint density at radius 1 is 1.22 bits per heavy atom. The van der Waals surface area contributed by atoms with Gasteiger partial charge in [-0.2, -0.15) is 4.72 Å². The molecule has 0 saturated heterocycles. The van der Waals surface area contributed by atoms with Gasteiger partial charge in [-0.3, -0.25) is 10.1 Å². The van der Waals surface area contributed by atoms with Crippen LogP contribution in [0.3, 0.4) is 0 Å². The van der Waals surface area contributed by atoms with Gasteiger partial charge in [-0.05, 0) is 30.3 Å². The Labute approximate surface area is 159 Å². The maximum Gasteiger partial charge on any atom is 0.273 e. The number of phenols is 1. The molecule has 140 valence electrons. The second kappa shape index (κ2) is 7.70. The van der Waals surface area contributed by atoms with Crippen LogP contribution in [0.2, 0.25) is 0 Å². The molecule has 0 fully saturated rings. The highest BCUT2D eigenvalue weighted by Gasteiger charge is 2.21. The van der Waals surface area contributed by atoms with Crippen LogP contribution in [0.15, 0.2) is 58.9 Å². The fraction of sp³-hybridized carbons (Fsp3) is 0.0625. The zero-order chi connectivity index (χ0) is 19.4. The summed E-state index contributed by atoms with van der Waals surface area (Å²) in [5, 5.41) is 25.5. The standard InChI is InChI=1S/C16H14N4O5S2/c21-15-9-13(20(22)23)4-1-11(15)10-18-12-2-5-14(6-3-12)27(24,25)19-16-17-7-8-26-16/h1-9H,10H2,(H3-,17,18,19,21,24,25). The van der Waals surface area contributed by atoms with E-state index in [1.165, 1.54) is 41.8 Å². The number of anilines is 2. The number of sulfonamides is 1. The average molecular weight is 406 g/mol. The van der Waals surface area contributed by atoms with Crippen LogP contribution in [-0.2, 0) is 21.2 Å². The number of nitrogens with zero attached hydrogens (tertiary/aromatic N) is 2. The fourth-order valence-electron chi connectivity index (χ4n) is 2.21. The Morgan fingerprint density at radius 2 is 1.96 bits per heavy atom. The van der Waals surface area contributed by atoms with Gasteiger partial charge in [0.25, 0.3) is 5.69 Å². The summed E-state index contributed by atoms with van der Waals surface area (Å²) >= 11 is 1.18. The number of non-ortho nitro benzene ring substituents is 1. The summed E-state index contributed by atoms with van der Waals surface area (Å²) in [4.78, 5) is 14.1. The second-order valence-electron chi connectivity index (χ2n) is 5.39. The van der Waals surface area contributed by atoms with Gasteiger partial charge in [0, 0.05) is 35.4 Å². The van der Waals surface area contributed by atoms with Crippen molar-refractivity contribution < 1.29 is 18.8 Å². The van der Waals surface area contributed by atoms with Gasteiger partial charge >= 0.3 is 0 Å². The molecular weight excluding hydrogens is 392 g/mol. The predicted molar refractivity (Wildman–Crippen MR) is 101 cm³/mol. The number of nitro groups is 1. The second-order valence-corrected chi connectivity index (χ2v) is 7.97. The Balaban J connectivity index is 1.66. The molecule has 3 N–H and O–H groups in total. The van der Waals surface area contributed by atoms with E-state index in [2.05, 4.69) is 15.0 Å². The summed E-state index contributed by atoms with van der Waals surface area (Å²) in [5.41, 5.74) is 0.905. The molecule has 0 aliphatic carbocycles. The molecule has 11 heteroatoms. The molecule has 1 aromatic heterocycles. The maximum atomic E-state index is 12.3. The molecule has 27 heavy (non-hydrogen) atoms. The quantitative estimate of drug-likeness (QED) is 0.310. The van der Waals surface area contributed by atoms with Crippen molar-refractivity contribution in [2.24, 2.45) is 0 Å². The van der Waals surface area contributed by atoms with E-state index in [1.807, 2.05) is 0 Å². The Kier molecular flexibility index (Phi) is 5.35. The van der Waals surface area contributed by atoms with Gasteiger partial charge in [-0.1, -0.05) is 4.21 Å². The lowest BCUT2D eigenvalue weighted by atomic mass is 10.1. The molecule has 9 nitrogen and oxygen atoms in total. The van der Waals surface area contributed by atoms with E-state index in [9.17, 15) is 24.0 Å². The molecule has 0 radical (unpaired) electrons. The molecule has 1 unspecified atom stereocenters. The minimum Gasteiger partial charge on any atom is -0.588 e. The van der Waals surface area contributed by atoms with Crippen LogP contribution in [-0.4, -0.2) is 19.6 Å². The summed E-state index contributed by atoms with van der Waals surface area (Å²) in [7, 11) is -3.72. The molecule has 2 aromatic carbocycles. The van der Waals surface area contributed by atoms with E-state index in [1.54, 1.807) is 17.5 Å². The maximum absolute atomic E-state index is 12.3. The van der Waals surface area contributed by atoms with Crippen LogP contribution in [0.25, 0.3) is 0 Å². The third kappa shape index (κ3) is 4.58. The van der Waals surface area contributed by atoms with E-state index in [0.717, 1.165) is 6.07 Å². The van der Waals surface area contributed by atoms with E-state index >= 15 is 0 Å². The number of benzene rings is 2. The number of phenolic OH excluding ortho intramolecular Hbond substituents is 1. The van der Waals surface area contributed by atoms with Crippen molar-refractivity contribution in [1.29, 1.82) is 0 Å². The number of thiazole rings is 1. The number of hydrogen-bond acceptors (Lipinski definition) is 8.